The highest BCUT2D eigenvalue weighted by Crippen LogP contribution is 2.08. The average Bonchev–Trinajstić information content (AvgIpc) is 1.98. The summed E-state index contributed by atoms with van der Waals surface area (Å²) in [5, 5.41) is 2.60. The van der Waals surface area contributed by atoms with Gasteiger partial charge in [0.1, 0.15) is 0 Å². The van der Waals surface area contributed by atoms with Gasteiger partial charge < -0.3 is 5.32 Å². The van der Waals surface area contributed by atoms with E-state index in [2.05, 4.69) is 12.2 Å². The summed E-state index contributed by atoms with van der Waals surface area (Å²) in [6, 6.07) is 0. The summed E-state index contributed by atoms with van der Waals surface area (Å²) < 4.78 is 0. The van der Waals surface area contributed by atoms with Crippen molar-refractivity contribution in [1.29, 1.82) is 0 Å². The van der Waals surface area contributed by atoms with Gasteiger partial charge in [-0.2, -0.15) is 0 Å². The van der Waals surface area contributed by atoms with Crippen molar-refractivity contribution in [1.82, 2.24) is 5.32 Å². The van der Waals surface area contributed by atoms with E-state index in [9.17, 15) is 4.79 Å². The molecule has 0 aliphatic heterocycles. The van der Waals surface area contributed by atoms with Crippen molar-refractivity contribution in [2.24, 2.45) is 0 Å². The zero-order valence-corrected chi connectivity index (χ0v) is 7.03. The fourth-order valence-electron chi connectivity index (χ4n) is 0.769. The number of nitrogens with one attached hydrogen (secondary N) is 1. The van der Waals surface area contributed by atoms with E-state index in [1.807, 2.05) is 6.92 Å². The van der Waals surface area contributed by atoms with Crippen molar-refractivity contribution >= 4 is 5.91 Å². The fourth-order valence-corrected chi connectivity index (χ4v) is 0.769. The smallest absolute Gasteiger partial charge is 0.226 e. The van der Waals surface area contributed by atoms with E-state index in [1.54, 1.807) is 7.05 Å². The van der Waals surface area contributed by atoms with Gasteiger partial charge in [-0.05, 0) is 13.3 Å². The molecular formula is C8H16NO. The van der Waals surface area contributed by atoms with Gasteiger partial charge >= 0.3 is 0 Å². The molecule has 0 saturated heterocycles. The third kappa shape index (κ3) is 3.49. The molecule has 2 nitrogen and oxygen atoms in total. The lowest BCUT2D eigenvalue weighted by atomic mass is 10.0. The lowest BCUT2D eigenvalue weighted by Crippen LogP contribution is -2.23. The number of unbranched alkanes of at least 4 members (excludes halogenated alkanes) is 1. The molecule has 59 valence electrons. The van der Waals surface area contributed by atoms with Gasteiger partial charge in [-0.1, -0.05) is 19.8 Å². The SMILES string of the molecule is CCCC[C](C)C(=O)NC. The Morgan fingerprint density at radius 1 is 1.50 bits per heavy atom. The van der Waals surface area contributed by atoms with Crippen LogP contribution in [0.15, 0.2) is 0 Å². The maximum Gasteiger partial charge on any atom is 0.226 e. The molecule has 0 saturated carbocycles. The van der Waals surface area contributed by atoms with Crippen molar-refractivity contribution in [3.63, 3.8) is 0 Å². The molecular weight excluding hydrogens is 126 g/mol. The van der Waals surface area contributed by atoms with Gasteiger partial charge in [0.25, 0.3) is 0 Å². The molecule has 0 spiro atoms. The number of carbonyl (C=O) groups is 1. The molecule has 0 fully saturated rings. The first kappa shape index (κ1) is 9.47. The Morgan fingerprint density at radius 2 is 2.10 bits per heavy atom. The number of hydrogen-bond donors (Lipinski definition) is 1. The topological polar surface area (TPSA) is 29.1 Å². The Labute approximate surface area is 63.0 Å². The van der Waals surface area contributed by atoms with Crippen molar-refractivity contribution in [2.75, 3.05) is 7.05 Å². The third-order valence-corrected chi connectivity index (χ3v) is 1.52. The molecule has 1 N–H and O–H groups in total. The standard InChI is InChI=1S/C8H16NO/c1-4-5-6-7(2)8(10)9-3/h4-6H2,1-3H3,(H,9,10). The van der Waals surface area contributed by atoms with Crippen LogP contribution in [0.4, 0.5) is 0 Å². The van der Waals surface area contributed by atoms with E-state index < -0.39 is 0 Å². The minimum atomic E-state index is 0.0773. The Bertz CT molecular complexity index is 101. The van der Waals surface area contributed by atoms with Crippen LogP contribution in [-0.2, 0) is 4.79 Å². The first-order valence-corrected chi connectivity index (χ1v) is 3.76. The Kier molecular flexibility index (Phi) is 4.99. The van der Waals surface area contributed by atoms with Crippen LogP contribution in [0.5, 0.6) is 0 Å². The second kappa shape index (κ2) is 5.27. The van der Waals surface area contributed by atoms with Crippen LogP contribution in [0.3, 0.4) is 0 Å². The number of amides is 1. The Hall–Kier alpha value is -0.530. The average molecular weight is 142 g/mol. The van der Waals surface area contributed by atoms with Crippen LogP contribution >= 0.6 is 0 Å². The van der Waals surface area contributed by atoms with Crippen molar-refractivity contribution in [3.8, 4) is 0 Å². The minimum absolute atomic E-state index is 0.0773. The van der Waals surface area contributed by atoms with Gasteiger partial charge in [0.2, 0.25) is 5.91 Å². The van der Waals surface area contributed by atoms with Gasteiger partial charge in [0.15, 0.2) is 0 Å². The highest BCUT2D eigenvalue weighted by atomic mass is 16.1. The molecule has 2 heteroatoms. The van der Waals surface area contributed by atoms with Crippen molar-refractivity contribution in [3.05, 3.63) is 5.92 Å². The number of rotatable bonds is 4. The fraction of sp³-hybridized carbons (Fsp3) is 0.750. The highest BCUT2D eigenvalue weighted by Gasteiger charge is 2.09. The second-order valence-corrected chi connectivity index (χ2v) is 2.46. The van der Waals surface area contributed by atoms with Gasteiger partial charge in [0.05, 0.1) is 5.92 Å². The zero-order chi connectivity index (χ0) is 7.98. The Morgan fingerprint density at radius 3 is 2.50 bits per heavy atom. The molecule has 0 unspecified atom stereocenters. The van der Waals surface area contributed by atoms with Crippen LogP contribution < -0.4 is 5.32 Å². The van der Waals surface area contributed by atoms with Crippen LogP contribution in [0.1, 0.15) is 33.1 Å². The lowest BCUT2D eigenvalue weighted by Gasteiger charge is -2.06. The molecule has 0 aliphatic carbocycles. The van der Waals surface area contributed by atoms with Crippen LogP contribution in [-0.4, -0.2) is 13.0 Å². The third-order valence-electron chi connectivity index (χ3n) is 1.52. The largest absolute Gasteiger partial charge is 0.359 e. The Balaban J connectivity index is 3.41. The van der Waals surface area contributed by atoms with E-state index >= 15 is 0 Å². The summed E-state index contributed by atoms with van der Waals surface area (Å²) in [5.74, 6) is 1.01. The van der Waals surface area contributed by atoms with Crippen molar-refractivity contribution < 1.29 is 4.79 Å². The quantitative estimate of drug-likeness (QED) is 0.633. The predicted molar refractivity (Wildman–Crippen MR) is 42.5 cm³/mol. The molecule has 0 heterocycles. The first-order chi connectivity index (χ1) is 4.72. The maximum atomic E-state index is 10.9. The summed E-state index contributed by atoms with van der Waals surface area (Å²) >= 11 is 0. The molecule has 0 aromatic rings. The molecule has 0 rings (SSSR count). The van der Waals surface area contributed by atoms with Crippen LogP contribution in [0, 0.1) is 5.92 Å². The predicted octanol–water partition coefficient (Wildman–Crippen LogP) is 1.52. The van der Waals surface area contributed by atoms with Crippen LogP contribution in [0.25, 0.3) is 0 Å². The van der Waals surface area contributed by atoms with E-state index in [4.69, 9.17) is 0 Å². The highest BCUT2D eigenvalue weighted by molar-refractivity contribution is 5.88. The molecule has 0 bridgehead atoms. The molecule has 0 aromatic carbocycles. The summed E-state index contributed by atoms with van der Waals surface area (Å²) in [4.78, 5) is 10.9. The normalized spacial score (nSPS) is 10.0. The van der Waals surface area contributed by atoms with E-state index in [1.165, 1.54) is 0 Å². The van der Waals surface area contributed by atoms with Crippen LogP contribution in [0.2, 0.25) is 0 Å². The first-order valence-electron chi connectivity index (χ1n) is 3.76. The van der Waals surface area contributed by atoms with Gasteiger partial charge in [-0.25, -0.2) is 0 Å². The van der Waals surface area contributed by atoms with E-state index in [-0.39, 0.29) is 5.91 Å². The monoisotopic (exact) mass is 142 g/mol. The molecule has 1 radical (unpaired) electrons. The van der Waals surface area contributed by atoms with Crippen molar-refractivity contribution in [2.45, 2.75) is 33.1 Å². The molecule has 0 aliphatic rings. The van der Waals surface area contributed by atoms with E-state index in [0.717, 1.165) is 25.2 Å². The molecule has 0 atom stereocenters. The van der Waals surface area contributed by atoms with E-state index in [0.29, 0.717) is 0 Å². The number of carbonyl (C=O) groups excluding carboxylic acids is 1. The summed E-state index contributed by atoms with van der Waals surface area (Å²) in [5.41, 5.74) is 0. The summed E-state index contributed by atoms with van der Waals surface area (Å²) in [6.07, 6.45) is 3.18. The van der Waals surface area contributed by atoms with Gasteiger partial charge in [-0.3, -0.25) is 4.79 Å². The second-order valence-electron chi connectivity index (χ2n) is 2.46. The van der Waals surface area contributed by atoms with Gasteiger partial charge in [0, 0.05) is 7.05 Å². The zero-order valence-electron chi connectivity index (χ0n) is 7.03. The molecule has 1 amide bonds. The maximum absolute atomic E-state index is 10.9. The summed E-state index contributed by atoms with van der Waals surface area (Å²) in [7, 11) is 1.66. The molecule has 10 heavy (non-hydrogen) atoms. The summed E-state index contributed by atoms with van der Waals surface area (Å²) in [6.45, 7) is 4.01. The number of hydrogen-bond acceptors (Lipinski definition) is 1. The van der Waals surface area contributed by atoms with Gasteiger partial charge in [-0.15, -0.1) is 0 Å². The lowest BCUT2D eigenvalue weighted by molar-refractivity contribution is -0.118. The minimum Gasteiger partial charge on any atom is -0.359 e. The molecule has 0 aromatic heterocycles.